The highest BCUT2D eigenvalue weighted by Gasteiger charge is 2.42. The molecule has 1 aromatic heterocycles. The molecule has 0 atom stereocenters. The van der Waals surface area contributed by atoms with Gasteiger partial charge in [-0.15, -0.1) is 10.2 Å². The molecule has 2 aliphatic carbocycles. The molecule has 5 rings (SSSR count). The molecule has 0 radical (unpaired) electrons. The van der Waals surface area contributed by atoms with Crippen molar-refractivity contribution < 1.29 is 14.0 Å². The zero-order valence-corrected chi connectivity index (χ0v) is 21.9. The molecule has 0 aliphatic heterocycles. The summed E-state index contributed by atoms with van der Waals surface area (Å²) in [4.78, 5) is 26.3. The second-order valence-corrected chi connectivity index (χ2v) is 10.8. The minimum Gasteiger partial charge on any atom is -0.343 e. The monoisotopic (exact) mass is 515 g/mol. The Labute approximate surface area is 222 Å². The van der Waals surface area contributed by atoms with Crippen LogP contribution >= 0.6 is 0 Å². The van der Waals surface area contributed by atoms with Crippen LogP contribution in [0.2, 0.25) is 0 Å². The molecule has 0 unspecified atom stereocenters. The van der Waals surface area contributed by atoms with Crippen LogP contribution in [0, 0.1) is 11.7 Å². The highest BCUT2D eigenvalue weighted by Crippen LogP contribution is 2.44. The summed E-state index contributed by atoms with van der Waals surface area (Å²) in [6.07, 6.45) is 5.58. The maximum Gasteiger partial charge on any atom is 0.225 e. The van der Waals surface area contributed by atoms with Crippen LogP contribution in [0.1, 0.15) is 57.4 Å². The second-order valence-electron chi connectivity index (χ2n) is 10.8. The first kappa shape index (κ1) is 26.0. The molecule has 0 saturated heterocycles. The summed E-state index contributed by atoms with van der Waals surface area (Å²) in [5.41, 5.74) is 8.97. The SMILES string of the molecule is CC(=O)N(C)C1CCC(CC(=O)Nc2cc(-c3ccccc3)c(-c3ccc(C4(N)CC4)c(F)c3)nn2)CC1. The van der Waals surface area contributed by atoms with Crippen LogP contribution in [0.4, 0.5) is 10.2 Å². The van der Waals surface area contributed by atoms with Crippen molar-refractivity contribution in [3.63, 3.8) is 0 Å². The van der Waals surface area contributed by atoms with Gasteiger partial charge in [0.25, 0.3) is 0 Å². The minimum absolute atomic E-state index is 0.0762. The molecule has 0 bridgehead atoms. The van der Waals surface area contributed by atoms with Gasteiger partial charge < -0.3 is 16.0 Å². The number of nitrogens with one attached hydrogen (secondary N) is 1. The molecule has 1 heterocycles. The lowest BCUT2D eigenvalue weighted by Gasteiger charge is -2.34. The number of aromatic nitrogens is 2. The number of hydrogen-bond acceptors (Lipinski definition) is 5. The van der Waals surface area contributed by atoms with Crippen molar-refractivity contribution in [2.24, 2.45) is 11.7 Å². The first-order valence-corrected chi connectivity index (χ1v) is 13.3. The molecule has 198 valence electrons. The maximum absolute atomic E-state index is 15.0. The molecule has 0 spiro atoms. The summed E-state index contributed by atoms with van der Waals surface area (Å²) in [7, 11) is 1.84. The number of anilines is 1. The van der Waals surface area contributed by atoms with Crippen molar-refractivity contribution in [2.45, 2.75) is 63.5 Å². The third-order valence-electron chi connectivity index (χ3n) is 8.05. The van der Waals surface area contributed by atoms with Crippen molar-refractivity contribution in [3.05, 3.63) is 66.0 Å². The van der Waals surface area contributed by atoms with Gasteiger partial charge in [0.15, 0.2) is 5.82 Å². The molecule has 2 aromatic carbocycles. The van der Waals surface area contributed by atoms with Gasteiger partial charge in [-0.2, -0.15) is 0 Å². The Bertz CT molecular complexity index is 1330. The Kier molecular flexibility index (Phi) is 7.25. The van der Waals surface area contributed by atoms with Crippen LogP contribution < -0.4 is 11.1 Å². The lowest BCUT2D eigenvalue weighted by atomic mass is 9.83. The number of amides is 2. The first-order chi connectivity index (χ1) is 18.2. The van der Waals surface area contributed by atoms with Crippen molar-refractivity contribution in [2.75, 3.05) is 12.4 Å². The normalized spacial score (nSPS) is 20.0. The van der Waals surface area contributed by atoms with Crippen LogP contribution in [0.25, 0.3) is 22.4 Å². The van der Waals surface area contributed by atoms with E-state index < -0.39 is 5.54 Å². The largest absolute Gasteiger partial charge is 0.343 e. The lowest BCUT2D eigenvalue weighted by molar-refractivity contribution is -0.130. The van der Waals surface area contributed by atoms with E-state index in [0.717, 1.165) is 49.7 Å². The fourth-order valence-corrected chi connectivity index (χ4v) is 5.42. The third-order valence-corrected chi connectivity index (χ3v) is 8.05. The summed E-state index contributed by atoms with van der Waals surface area (Å²) < 4.78 is 15.0. The Morgan fingerprint density at radius 3 is 2.37 bits per heavy atom. The molecular formula is C30H34FN5O2. The number of hydrogen-bond donors (Lipinski definition) is 2. The maximum atomic E-state index is 15.0. The molecule has 7 nitrogen and oxygen atoms in total. The van der Waals surface area contributed by atoms with Gasteiger partial charge in [0.1, 0.15) is 11.5 Å². The second kappa shape index (κ2) is 10.6. The standard InChI is InChI=1S/C30H34FN5O2/c1-19(37)36(2)23-11-8-20(9-12-23)16-28(38)33-27-18-24(21-6-4-3-5-7-21)29(35-34-27)22-10-13-25(26(31)17-22)30(32)14-15-30/h3-7,10,13,17-18,20,23H,8-9,11-12,14-16,32H2,1-2H3,(H,33,34,38). The summed E-state index contributed by atoms with van der Waals surface area (Å²) in [5, 5.41) is 11.6. The van der Waals surface area contributed by atoms with Crippen molar-refractivity contribution in [1.29, 1.82) is 0 Å². The van der Waals surface area contributed by atoms with Gasteiger partial charge in [-0.25, -0.2) is 4.39 Å². The minimum atomic E-state index is -0.562. The van der Waals surface area contributed by atoms with Gasteiger partial charge in [-0.1, -0.05) is 42.5 Å². The molecule has 3 N–H and O–H groups in total. The molecule has 3 aromatic rings. The van der Waals surface area contributed by atoms with Crippen LogP contribution in [0.15, 0.2) is 54.6 Å². The smallest absolute Gasteiger partial charge is 0.225 e. The van der Waals surface area contributed by atoms with E-state index in [9.17, 15) is 14.0 Å². The van der Waals surface area contributed by atoms with Gasteiger partial charge in [-0.05, 0) is 62.1 Å². The van der Waals surface area contributed by atoms with E-state index >= 15 is 0 Å². The van der Waals surface area contributed by atoms with E-state index in [1.54, 1.807) is 24.0 Å². The Morgan fingerprint density at radius 2 is 1.74 bits per heavy atom. The highest BCUT2D eigenvalue weighted by molar-refractivity contribution is 5.91. The predicted octanol–water partition coefficient (Wildman–Crippen LogP) is 5.26. The molecule has 2 amide bonds. The van der Waals surface area contributed by atoms with Gasteiger partial charge >= 0.3 is 0 Å². The Hall–Kier alpha value is -3.65. The molecular weight excluding hydrogens is 481 g/mol. The lowest BCUT2D eigenvalue weighted by Crippen LogP contribution is -2.38. The number of benzene rings is 2. The molecule has 2 fully saturated rings. The average Bonchev–Trinajstić information content (AvgIpc) is 3.66. The molecule has 2 saturated carbocycles. The van der Waals surface area contributed by atoms with Gasteiger partial charge in [0.2, 0.25) is 11.8 Å². The topological polar surface area (TPSA) is 101 Å². The van der Waals surface area contributed by atoms with Crippen molar-refractivity contribution >= 4 is 17.6 Å². The van der Waals surface area contributed by atoms with E-state index in [-0.39, 0.29) is 29.6 Å². The first-order valence-electron chi connectivity index (χ1n) is 13.3. The fraction of sp³-hybridized carbons (Fsp3) is 0.400. The zero-order valence-electron chi connectivity index (χ0n) is 21.9. The van der Waals surface area contributed by atoms with Crippen LogP contribution in [-0.4, -0.2) is 40.0 Å². The average molecular weight is 516 g/mol. The zero-order chi connectivity index (χ0) is 26.9. The number of halogens is 1. The van der Waals surface area contributed by atoms with E-state index in [2.05, 4.69) is 15.5 Å². The van der Waals surface area contributed by atoms with Gasteiger partial charge in [0.05, 0.1) is 0 Å². The van der Waals surface area contributed by atoms with Gasteiger partial charge in [0, 0.05) is 48.7 Å². The predicted molar refractivity (Wildman–Crippen MR) is 145 cm³/mol. The molecule has 8 heteroatoms. The van der Waals surface area contributed by atoms with E-state index in [4.69, 9.17) is 5.73 Å². The van der Waals surface area contributed by atoms with Crippen LogP contribution in [0.3, 0.4) is 0 Å². The van der Waals surface area contributed by atoms with Gasteiger partial charge in [-0.3, -0.25) is 9.59 Å². The molecule has 38 heavy (non-hydrogen) atoms. The summed E-state index contributed by atoms with van der Waals surface area (Å²) in [5.74, 6) is 0.254. The van der Waals surface area contributed by atoms with E-state index in [0.29, 0.717) is 29.1 Å². The number of rotatable bonds is 7. The van der Waals surface area contributed by atoms with E-state index in [1.807, 2.05) is 43.4 Å². The van der Waals surface area contributed by atoms with Crippen molar-refractivity contribution in [3.8, 4) is 22.4 Å². The number of carbonyl (C=O) groups is 2. The summed E-state index contributed by atoms with van der Waals surface area (Å²) >= 11 is 0. The summed E-state index contributed by atoms with van der Waals surface area (Å²) in [6.45, 7) is 1.59. The number of carbonyl (C=O) groups excluding carboxylic acids is 2. The number of nitrogens with zero attached hydrogens (tertiary/aromatic N) is 3. The molecule has 2 aliphatic rings. The van der Waals surface area contributed by atoms with Crippen molar-refractivity contribution in [1.82, 2.24) is 15.1 Å². The quantitative estimate of drug-likeness (QED) is 0.447. The Morgan fingerprint density at radius 1 is 1.03 bits per heavy atom. The fourth-order valence-electron chi connectivity index (χ4n) is 5.42. The highest BCUT2D eigenvalue weighted by atomic mass is 19.1. The Balaban J connectivity index is 1.32. The summed E-state index contributed by atoms with van der Waals surface area (Å²) in [6, 6.07) is 16.8. The third kappa shape index (κ3) is 5.60. The van der Waals surface area contributed by atoms with Crippen LogP contribution in [0.5, 0.6) is 0 Å². The number of nitrogens with two attached hydrogens (primary N) is 1. The van der Waals surface area contributed by atoms with Crippen LogP contribution in [-0.2, 0) is 15.1 Å². The van der Waals surface area contributed by atoms with E-state index in [1.165, 1.54) is 6.07 Å².